The van der Waals surface area contributed by atoms with Gasteiger partial charge in [0, 0.05) is 6.07 Å². The van der Waals surface area contributed by atoms with E-state index in [1.54, 1.807) is 19.1 Å². The first-order chi connectivity index (χ1) is 14.7. The molecule has 6 nitrogen and oxygen atoms in total. The molecule has 2 amide bonds. The van der Waals surface area contributed by atoms with Crippen LogP contribution in [0.15, 0.2) is 41.3 Å². The fourth-order valence-corrected chi connectivity index (χ4v) is 5.74. The Morgan fingerprint density at radius 2 is 1.65 bits per heavy atom. The number of imide groups is 1. The molecule has 1 saturated carbocycles. The Morgan fingerprint density at radius 1 is 1.00 bits per heavy atom. The number of hydrogen-bond donors (Lipinski definition) is 1. The highest BCUT2D eigenvalue weighted by Gasteiger charge is 2.47. The molecule has 2 fully saturated rings. The first kappa shape index (κ1) is 21.4. The van der Waals surface area contributed by atoms with Crippen molar-refractivity contribution in [3.05, 3.63) is 59.2 Å². The minimum Gasteiger partial charge on any atom is -0.278 e. The fraction of sp³-hybridized carbons (Fsp3) is 0.364. The van der Waals surface area contributed by atoms with Gasteiger partial charge in [0.25, 0.3) is 10.0 Å². The van der Waals surface area contributed by atoms with Crippen LogP contribution in [0, 0.1) is 30.4 Å². The van der Waals surface area contributed by atoms with Gasteiger partial charge in [-0.2, -0.15) is 0 Å². The van der Waals surface area contributed by atoms with Gasteiger partial charge in [-0.15, -0.1) is 0 Å². The predicted octanol–water partition coefficient (Wildman–Crippen LogP) is 3.75. The average Bonchev–Trinajstić information content (AvgIpc) is 2.96. The van der Waals surface area contributed by atoms with E-state index in [0.29, 0.717) is 30.0 Å². The summed E-state index contributed by atoms with van der Waals surface area (Å²) in [5.74, 6) is -2.82. The number of nitrogens with zero attached hydrogens (tertiary/aromatic N) is 1. The first-order valence-corrected chi connectivity index (χ1v) is 11.6. The zero-order chi connectivity index (χ0) is 22.3. The fourth-order valence-electron chi connectivity index (χ4n) is 4.37. The summed E-state index contributed by atoms with van der Waals surface area (Å²) < 4.78 is 54.9. The van der Waals surface area contributed by atoms with E-state index in [0.717, 1.165) is 25.0 Å². The van der Waals surface area contributed by atoms with Crippen LogP contribution in [0.2, 0.25) is 0 Å². The molecule has 2 aromatic carbocycles. The SMILES string of the molecule is Cc1ccc(CN2C(=O)[C@@H]3CCCC[C@H]3C2=O)cc1S(=O)(=O)Nc1ccc(F)cc1F. The molecule has 2 aromatic rings. The van der Waals surface area contributed by atoms with Crippen molar-refractivity contribution in [2.75, 3.05) is 4.72 Å². The molecule has 4 rings (SSSR count). The van der Waals surface area contributed by atoms with E-state index in [9.17, 15) is 26.8 Å². The maximum absolute atomic E-state index is 13.9. The lowest BCUT2D eigenvalue weighted by Crippen LogP contribution is -2.30. The number of carbonyl (C=O) groups excluding carboxylic acids is 2. The highest BCUT2D eigenvalue weighted by molar-refractivity contribution is 7.92. The lowest BCUT2D eigenvalue weighted by Gasteiger charge is -2.19. The zero-order valence-corrected chi connectivity index (χ0v) is 17.7. The topological polar surface area (TPSA) is 83.6 Å². The summed E-state index contributed by atoms with van der Waals surface area (Å²) >= 11 is 0. The lowest BCUT2D eigenvalue weighted by atomic mass is 9.81. The van der Waals surface area contributed by atoms with Crippen LogP contribution >= 0.6 is 0 Å². The zero-order valence-electron chi connectivity index (χ0n) is 16.9. The predicted molar refractivity (Wildman–Crippen MR) is 109 cm³/mol. The van der Waals surface area contributed by atoms with Gasteiger partial charge >= 0.3 is 0 Å². The molecule has 31 heavy (non-hydrogen) atoms. The monoisotopic (exact) mass is 448 g/mol. The average molecular weight is 448 g/mol. The Bertz CT molecular complexity index is 1140. The van der Waals surface area contributed by atoms with Crippen LogP contribution in [0.1, 0.15) is 36.8 Å². The first-order valence-electron chi connectivity index (χ1n) is 10.1. The number of rotatable bonds is 5. The van der Waals surface area contributed by atoms with Crippen molar-refractivity contribution in [1.82, 2.24) is 4.90 Å². The number of anilines is 1. The molecule has 0 radical (unpaired) electrons. The Balaban J connectivity index is 1.60. The van der Waals surface area contributed by atoms with E-state index >= 15 is 0 Å². The Morgan fingerprint density at radius 3 is 2.26 bits per heavy atom. The normalized spacial score (nSPS) is 21.3. The van der Waals surface area contributed by atoms with Crippen LogP contribution in [0.4, 0.5) is 14.5 Å². The largest absolute Gasteiger partial charge is 0.278 e. The molecule has 0 spiro atoms. The molecule has 9 heteroatoms. The van der Waals surface area contributed by atoms with E-state index in [-0.39, 0.29) is 40.8 Å². The second-order valence-electron chi connectivity index (χ2n) is 8.09. The maximum atomic E-state index is 13.9. The van der Waals surface area contributed by atoms with Crippen molar-refractivity contribution >= 4 is 27.5 Å². The van der Waals surface area contributed by atoms with Gasteiger partial charge in [-0.3, -0.25) is 19.2 Å². The van der Waals surface area contributed by atoms with Crippen LogP contribution in [0.25, 0.3) is 0 Å². The second-order valence-corrected chi connectivity index (χ2v) is 9.74. The third-order valence-electron chi connectivity index (χ3n) is 5.99. The number of amides is 2. The van der Waals surface area contributed by atoms with Crippen molar-refractivity contribution in [1.29, 1.82) is 0 Å². The van der Waals surface area contributed by atoms with Crippen LogP contribution in [0.3, 0.4) is 0 Å². The number of fused-ring (bicyclic) bond motifs is 1. The molecule has 164 valence electrons. The van der Waals surface area contributed by atoms with Crippen LogP contribution < -0.4 is 4.72 Å². The van der Waals surface area contributed by atoms with Gasteiger partial charge in [0.15, 0.2) is 0 Å². The number of carbonyl (C=O) groups is 2. The third-order valence-corrected chi connectivity index (χ3v) is 7.50. The van der Waals surface area contributed by atoms with Crippen molar-refractivity contribution in [3.63, 3.8) is 0 Å². The lowest BCUT2D eigenvalue weighted by molar-refractivity contribution is -0.140. The summed E-state index contributed by atoms with van der Waals surface area (Å²) in [4.78, 5) is 26.5. The second kappa shape index (κ2) is 8.03. The van der Waals surface area contributed by atoms with Gasteiger partial charge in [-0.05, 0) is 49.1 Å². The van der Waals surface area contributed by atoms with E-state index in [2.05, 4.69) is 4.72 Å². The molecule has 1 aliphatic heterocycles. The molecular weight excluding hydrogens is 426 g/mol. The van der Waals surface area contributed by atoms with E-state index in [1.807, 2.05) is 0 Å². The third kappa shape index (κ3) is 4.06. The molecule has 2 atom stereocenters. The Hall–Kier alpha value is -2.81. The standard InChI is InChI=1S/C22H22F2N2O4S/c1-13-6-7-14(12-26-21(27)16-4-2-3-5-17(16)22(26)28)10-20(13)31(29,30)25-19-9-8-15(23)11-18(19)24/h6-11,16-17,25H,2-5,12H2,1H3/t16-,17-/m1/s1. The van der Waals surface area contributed by atoms with Crippen molar-refractivity contribution < 1.29 is 26.8 Å². The van der Waals surface area contributed by atoms with Gasteiger partial charge < -0.3 is 0 Å². The van der Waals surface area contributed by atoms with Crippen LogP contribution in [0.5, 0.6) is 0 Å². The van der Waals surface area contributed by atoms with Crippen molar-refractivity contribution in [2.45, 2.75) is 44.0 Å². The summed E-state index contributed by atoms with van der Waals surface area (Å²) in [6.45, 7) is 1.57. The molecule has 0 aromatic heterocycles. The summed E-state index contributed by atoms with van der Waals surface area (Å²) in [7, 11) is -4.18. The summed E-state index contributed by atoms with van der Waals surface area (Å²) in [6.07, 6.45) is 3.25. The number of halogens is 2. The number of likely N-dealkylation sites (tertiary alicyclic amines) is 1. The van der Waals surface area contributed by atoms with E-state index < -0.39 is 21.7 Å². The van der Waals surface area contributed by atoms with E-state index in [4.69, 9.17) is 0 Å². The number of benzene rings is 2. The maximum Gasteiger partial charge on any atom is 0.262 e. The molecule has 0 bridgehead atoms. The van der Waals surface area contributed by atoms with E-state index in [1.165, 1.54) is 11.0 Å². The number of sulfonamides is 1. The molecule has 1 aliphatic carbocycles. The molecule has 0 unspecified atom stereocenters. The van der Waals surface area contributed by atoms with Gasteiger partial charge in [-0.1, -0.05) is 25.0 Å². The van der Waals surface area contributed by atoms with Crippen LogP contribution in [-0.2, 0) is 26.2 Å². The van der Waals surface area contributed by atoms with Crippen molar-refractivity contribution in [3.8, 4) is 0 Å². The molecule has 1 saturated heterocycles. The van der Waals surface area contributed by atoms with Gasteiger partial charge in [0.05, 0.1) is 29.0 Å². The minimum atomic E-state index is -4.18. The molecular formula is C22H22F2N2O4S. The summed E-state index contributed by atoms with van der Waals surface area (Å²) in [6, 6.07) is 7.16. The number of aryl methyl sites for hydroxylation is 1. The van der Waals surface area contributed by atoms with Gasteiger partial charge in [0.1, 0.15) is 11.6 Å². The summed E-state index contributed by atoms with van der Waals surface area (Å²) in [5, 5.41) is 0. The Labute approximate surface area is 179 Å². The molecule has 1 N–H and O–H groups in total. The summed E-state index contributed by atoms with van der Waals surface area (Å²) in [5.41, 5.74) is 0.512. The molecule has 2 aliphatic rings. The van der Waals surface area contributed by atoms with Crippen LogP contribution in [-0.4, -0.2) is 25.1 Å². The smallest absolute Gasteiger partial charge is 0.262 e. The highest BCUT2D eigenvalue weighted by atomic mass is 32.2. The quantitative estimate of drug-likeness (QED) is 0.707. The number of nitrogens with one attached hydrogen (secondary N) is 1. The van der Waals surface area contributed by atoms with Crippen molar-refractivity contribution in [2.24, 2.45) is 11.8 Å². The van der Waals surface area contributed by atoms with Gasteiger partial charge in [0.2, 0.25) is 11.8 Å². The minimum absolute atomic E-state index is 0.0155. The highest BCUT2D eigenvalue weighted by Crippen LogP contribution is 2.38. The molecule has 1 heterocycles. The Kier molecular flexibility index (Phi) is 5.55. The van der Waals surface area contributed by atoms with Gasteiger partial charge in [-0.25, -0.2) is 17.2 Å². The number of hydrogen-bond acceptors (Lipinski definition) is 4.